The molecule has 0 atom stereocenters. The number of para-hydroxylation sites is 1. The molecule has 0 bridgehead atoms. The highest BCUT2D eigenvalue weighted by molar-refractivity contribution is 7.80. The van der Waals surface area contributed by atoms with Crippen LogP contribution in [0.2, 0.25) is 0 Å². The standard InChI is InChI=1S/C23H20N4O3S/c1-2-29-16-11-9-15(10-12-16)24-23(31)27-26-22(28)18-14-20(21-8-5-13-30-21)25-19-7-4-3-6-17(18)19/h3-14H,2H2,1H3,(H,26,28)(H2,24,27,31). The minimum Gasteiger partial charge on any atom is -0.494 e. The summed E-state index contributed by atoms with van der Waals surface area (Å²) in [4.78, 5) is 17.5. The highest BCUT2D eigenvalue weighted by Gasteiger charge is 2.15. The number of hydrazine groups is 1. The van der Waals surface area contributed by atoms with E-state index in [2.05, 4.69) is 21.2 Å². The highest BCUT2D eigenvalue weighted by atomic mass is 32.1. The van der Waals surface area contributed by atoms with Gasteiger partial charge in [0.15, 0.2) is 10.9 Å². The van der Waals surface area contributed by atoms with Crippen LogP contribution < -0.4 is 20.9 Å². The lowest BCUT2D eigenvalue weighted by Crippen LogP contribution is -2.43. The van der Waals surface area contributed by atoms with Crippen molar-refractivity contribution >= 4 is 39.8 Å². The molecule has 2 aromatic carbocycles. The van der Waals surface area contributed by atoms with E-state index in [-0.39, 0.29) is 11.0 Å². The van der Waals surface area contributed by atoms with E-state index in [4.69, 9.17) is 21.4 Å². The van der Waals surface area contributed by atoms with Gasteiger partial charge < -0.3 is 14.5 Å². The van der Waals surface area contributed by atoms with E-state index in [1.165, 1.54) is 0 Å². The first-order chi connectivity index (χ1) is 15.1. The number of nitrogens with zero attached hydrogens (tertiary/aromatic N) is 1. The normalized spacial score (nSPS) is 10.5. The molecule has 0 aliphatic carbocycles. The molecular formula is C23H20N4O3S. The van der Waals surface area contributed by atoms with Crippen molar-refractivity contribution in [3.8, 4) is 17.2 Å². The van der Waals surface area contributed by atoms with E-state index >= 15 is 0 Å². The zero-order valence-electron chi connectivity index (χ0n) is 16.7. The Balaban J connectivity index is 1.47. The number of fused-ring (bicyclic) bond motifs is 1. The van der Waals surface area contributed by atoms with E-state index in [0.29, 0.717) is 29.1 Å². The number of furan rings is 1. The summed E-state index contributed by atoms with van der Waals surface area (Å²) in [5.41, 5.74) is 7.86. The molecule has 2 aromatic heterocycles. The average molecular weight is 433 g/mol. The van der Waals surface area contributed by atoms with E-state index in [1.807, 2.05) is 55.5 Å². The molecule has 0 fully saturated rings. The number of rotatable bonds is 5. The van der Waals surface area contributed by atoms with Crippen LogP contribution in [0.5, 0.6) is 5.75 Å². The topological polar surface area (TPSA) is 88.4 Å². The molecule has 156 valence electrons. The maximum absolute atomic E-state index is 12.9. The Morgan fingerprint density at radius 3 is 2.61 bits per heavy atom. The van der Waals surface area contributed by atoms with Crippen LogP contribution in [-0.2, 0) is 0 Å². The molecular weight excluding hydrogens is 412 g/mol. The van der Waals surface area contributed by atoms with Crippen LogP contribution in [0.1, 0.15) is 17.3 Å². The van der Waals surface area contributed by atoms with Gasteiger partial charge in [-0.2, -0.15) is 0 Å². The van der Waals surface area contributed by atoms with Crippen LogP contribution >= 0.6 is 12.2 Å². The lowest BCUT2D eigenvalue weighted by molar-refractivity contribution is 0.0946. The van der Waals surface area contributed by atoms with Crippen LogP contribution in [0, 0.1) is 0 Å². The van der Waals surface area contributed by atoms with Gasteiger partial charge in [-0.25, -0.2) is 4.98 Å². The molecule has 0 aliphatic rings. The second-order valence-electron chi connectivity index (χ2n) is 6.54. The molecule has 1 amide bonds. The Morgan fingerprint density at radius 1 is 1.06 bits per heavy atom. The molecule has 0 saturated carbocycles. The fourth-order valence-corrected chi connectivity index (χ4v) is 3.23. The van der Waals surface area contributed by atoms with Crippen LogP contribution in [0.25, 0.3) is 22.4 Å². The number of hydrogen-bond donors (Lipinski definition) is 3. The summed E-state index contributed by atoms with van der Waals surface area (Å²) in [7, 11) is 0. The highest BCUT2D eigenvalue weighted by Crippen LogP contribution is 2.25. The molecule has 31 heavy (non-hydrogen) atoms. The summed E-state index contributed by atoms with van der Waals surface area (Å²) in [6, 6.07) is 20.1. The first kappa shape index (κ1) is 20.4. The lowest BCUT2D eigenvalue weighted by atomic mass is 10.1. The van der Waals surface area contributed by atoms with Crippen molar-refractivity contribution in [2.24, 2.45) is 0 Å². The van der Waals surface area contributed by atoms with Gasteiger partial charge in [0.2, 0.25) is 0 Å². The molecule has 0 radical (unpaired) electrons. The van der Waals surface area contributed by atoms with E-state index in [9.17, 15) is 4.79 Å². The van der Waals surface area contributed by atoms with Crippen LogP contribution in [-0.4, -0.2) is 22.6 Å². The molecule has 4 aromatic rings. The lowest BCUT2D eigenvalue weighted by Gasteiger charge is -2.13. The van der Waals surface area contributed by atoms with Crippen LogP contribution in [0.4, 0.5) is 5.69 Å². The van der Waals surface area contributed by atoms with E-state index in [0.717, 1.165) is 16.8 Å². The number of pyridine rings is 1. The molecule has 4 rings (SSSR count). The summed E-state index contributed by atoms with van der Waals surface area (Å²) >= 11 is 5.28. The second kappa shape index (κ2) is 9.27. The Morgan fingerprint density at radius 2 is 1.87 bits per heavy atom. The van der Waals surface area contributed by atoms with Gasteiger partial charge in [0, 0.05) is 11.1 Å². The molecule has 0 saturated heterocycles. The summed E-state index contributed by atoms with van der Waals surface area (Å²) in [6.07, 6.45) is 1.57. The smallest absolute Gasteiger partial charge is 0.270 e. The predicted molar refractivity (Wildman–Crippen MR) is 124 cm³/mol. The molecule has 2 heterocycles. The monoisotopic (exact) mass is 432 g/mol. The predicted octanol–water partition coefficient (Wildman–Crippen LogP) is 4.52. The number of carbonyl (C=O) groups is 1. The molecule has 7 nitrogen and oxygen atoms in total. The van der Waals surface area contributed by atoms with Crippen molar-refractivity contribution in [3.05, 3.63) is 78.6 Å². The van der Waals surface area contributed by atoms with Gasteiger partial charge in [-0.1, -0.05) is 18.2 Å². The zero-order chi connectivity index (χ0) is 21.6. The van der Waals surface area contributed by atoms with Crippen LogP contribution in [0.3, 0.4) is 0 Å². The van der Waals surface area contributed by atoms with Crippen molar-refractivity contribution in [1.29, 1.82) is 0 Å². The van der Waals surface area contributed by atoms with Crippen molar-refractivity contribution in [2.45, 2.75) is 6.92 Å². The number of hydrogen-bond acceptors (Lipinski definition) is 5. The number of carbonyl (C=O) groups excluding carboxylic acids is 1. The van der Waals surface area contributed by atoms with Crippen molar-refractivity contribution in [3.63, 3.8) is 0 Å². The number of benzene rings is 2. The number of thiocarbonyl (C=S) groups is 1. The number of aromatic nitrogens is 1. The Hall–Kier alpha value is -3.91. The van der Waals surface area contributed by atoms with Crippen LogP contribution in [0.15, 0.2) is 77.4 Å². The van der Waals surface area contributed by atoms with Crippen molar-refractivity contribution in [1.82, 2.24) is 15.8 Å². The number of nitrogens with one attached hydrogen (secondary N) is 3. The number of anilines is 1. The van der Waals surface area contributed by atoms with Gasteiger partial charge in [-0.3, -0.25) is 15.6 Å². The average Bonchev–Trinajstić information content (AvgIpc) is 3.33. The second-order valence-corrected chi connectivity index (χ2v) is 6.95. The van der Waals surface area contributed by atoms with Crippen molar-refractivity contribution < 1.29 is 13.9 Å². The first-order valence-corrected chi connectivity index (χ1v) is 10.1. The minimum absolute atomic E-state index is 0.252. The number of amides is 1. The molecule has 8 heteroatoms. The summed E-state index contributed by atoms with van der Waals surface area (Å²) in [5, 5.41) is 3.99. The largest absolute Gasteiger partial charge is 0.494 e. The molecule has 3 N–H and O–H groups in total. The van der Waals surface area contributed by atoms with Gasteiger partial charge >= 0.3 is 0 Å². The fraction of sp³-hybridized carbons (Fsp3) is 0.0870. The van der Waals surface area contributed by atoms with Gasteiger partial charge in [0.05, 0.1) is 24.0 Å². The molecule has 0 spiro atoms. The molecule has 0 unspecified atom stereocenters. The van der Waals surface area contributed by atoms with Gasteiger partial charge in [-0.15, -0.1) is 0 Å². The quantitative estimate of drug-likeness (QED) is 0.315. The number of ether oxygens (including phenoxy) is 1. The maximum Gasteiger partial charge on any atom is 0.270 e. The third kappa shape index (κ3) is 4.81. The summed E-state index contributed by atoms with van der Waals surface area (Å²) < 4.78 is 10.9. The first-order valence-electron chi connectivity index (χ1n) is 9.68. The molecule has 0 aliphatic heterocycles. The fourth-order valence-electron chi connectivity index (χ4n) is 3.06. The Labute approximate surface area is 184 Å². The van der Waals surface area contributed by atoms with Gasteiger partial charge in [0.25, 0.3) is 5.91 Å². The third-order valence-electron chi connectivity index (χ3n) is 4.45. The SMILES string of the molecule is CCOc1ccc(NC(=S)NNC(=O)c2cc(-c3ccco3)nc3ccccc23)cc1. The zero-order valence-corrected chi connectivity index (χ0v) is 17.5. The van der Waals surface area contributed by atoms with E-state index < -0.39 is 0 Å². The Kier molecular flexibility index (Phi) is 6.09. The Bertz CT molecular complexity index is 1210. The minimum atomic E-state index is -0.345. The summed E-state index contributed by atoms with van der Waals surface area (Å²) in [5.74, 6) is 1.01. The third-order valence-corrected chi connectivity index (χ3v) is 4.65. The van der Waals surface area contributed by atoms with Crippen molar-refractivity contribution in [2.75, 3.05) is 11.9 Å². The summed E-state index contributed by atoms with van der Waals surface area (Å²) in [6.45, 7) is 2.53. The van der Waals surface area contributed by atoms with Gasteiger partial charge in [0.1, 0.15) is 11.4 Å². The van der Waals surface area contributed by atoms with Gasteiger partial charge in [-0.05, 0) is 67.7 Å². The maximum atomic E-state index is 12.9. The van der Waals surface area contributed by atoms with E-state index in [1.54, 1.807) is 24.5 Å².